The average molecular weight is 414 g/mol. The standard InChI is InChI=1S/C13H10Br2N4O2/c14-8-1-3-10(16-6-8)18-12(20)5-13(21)19-11-4-2-9(15)7-17-11/h1-4,6-7H,5H2,(H,16,18,20)(H,17,19,21). The van der Waals surface area contributed by atoms with Crippen molar-refractivity contribution in [2.24, 2.45) is 0 Å². The molecule has 0 atom stereocenters. The molecular formula is C13H10Br2N4O2. The van der Waals surface area contributed by atoms with Crippen LogP contribution in [0.5, 0.6) is 0 Å². The number of nitrogens with zero attached hydrogens (tertiary/aromatic N) is 2. The van der Waals surface area contributed by atoms with Crippen LogP contribution in [-0.2, 0) is 9.59 Å². The van der Waals surface area contributed by atoms with Gasteiger partial charge in [-0.05, 0) is 56.1 Å². The van der Waals surface area contributed by atoms with Crippen LogP contribution < -0.4 is 10.6 Å². The van der Waals surface area contributed by atoms with Gasteiger partial charge in [-0.1, -0.05) is 0 Å². The number of carbonyl (C=O) groups is 2. The maximum atomic E-state index is 11.7. The SMILES string of the molecule is O=C(CC(=O)Nc1ccc(Br)cn1)Nc1ccc(Br)cn1. The molecule has 0 saturated heterocycles. The largest absolute Gasteiger partial charge is 0.310 e. The molecular weight excluding hydrogens is 404 g/mol. The zero-order valence-electron chi connectivity index (χ0n) is 10.6. The van der Waals surface area contributed by atoms with E-state index in [9.17, 15) is 9.59 Å². The summed E-state index contributed by atoms with van der Waals surface area (Å²) in [6, 6.07) is 6.76. The molecule has 2 aromatic rings. The van der Waals surface area contributed by atoms with Gasteiger partial charge in [0.05, 0.1) is 0 Å². The first-order valence-corrected chi connectivity index (χ1v) is 7.44. The smallest absolute Gasteiger partial charge is 0.234 e. The summed E-state index contributed by atoms with van der Waals surface area (Å²) in [6.07, 6.45) is 2.80. The lowest BCUT2D eigenvalue weighted by Crippen LogP contribution is -2.22. The molecule has 0 aliphatic rings. The van der Waals surface area contributed by atoms with Crippen LogP contribution in [-0.4, -0.2) is 21.8 Å². The molecule has 2 rings (SSSR count). The highest BCUT2D eigenvalue weighted by molar-refractivity contribution is 9.10. The molecule has 0 saturated carbocycles. The minimum absolute atomic E-state index is 0.310. The minimum atomic E-state index is -0.445. The van der Waals surface area contributed by atoms with Crippen molar-refractivity contribution in [2.75, 3.05) is 10.6 Å². The lowest BCUT2D eigenvalue weighted by Gasteiger charge is -2.05. The van der Waals surface area contributed by atoms with Gasteiger partial charge in [-0.25, -0.2) is 9.97 Å². The third-order valence-corrected chi connectivity index (χ3v) is 3.25. The van der Waals surface area contributed by atoms with E-state index in [1.54, 1.807) is 36.7 Å². The van der Waals surface area contributed by atoms with Gasteiger partial charge in [-0.3, -0.25) is 9.59 Å². The van der Waals surface area contributed by atoms with Crippen LogP contribution in [0.1, 0.15) is 6.42 Å². The number of nitrogens with one attached hydrogen (secondary N) is 2. The maximum absolute atomic E-state index is 11.7. The second-order valence-corrected chi connectivity index (χ2v) is 5.83. The summed E-state index contributed by atoms with van der Waals surface area (Å²) < 4.78 is 1.61. The van der Waals surface area contributed by atoms with Crippen molar-refractivity contribution in [3.8, 4) is 0 Å². The molecule has 0 aliphatic heterocycles. The fourth-order valence-corrected chi connectivity index (χ4v) is 1.89. The second-order valence-electron chi connectivity index (χ2n) is 4.00. The van der Waals surface area contributed by atoms with Gasteiger partial charge in [0.25, 0.3) is 0 Å². The average Bonchev–Trinajstić information content (AvgIpc) is 2.44. The number of amides is 2. The van der Waals surface area contributed by atoms with Crippen LogP contribution in [0.4, 0.5) is 11.6 Å². The summed E-state index contributed by atoms with van der Waals surface area (Å²) in [5.74, 6) is -0.116. The molecule has 0 unspecified atom stereocenters. The maximum Gasteiger partial charge on any atom is 0.234 e. The molecule has 0 aromatic carbocycles. The molecule has 21 heavy (non-hydrogen) atoms. The Balaban J connectivity index is 1.85. The Morgan fingerprint density at radius 3 is 1.62 bits per heavy atom. The van der Waals surface area contributed by atoms with Crippen molar-refractivity contribution in [3.05, 3.63) is 45.6 Å². The van der Waals surface area contributed by atoms with Gasteiger partial charge in [0.1, 0.15) is 18.1 Å². The van der Waals surface area contributed by atoms with Crippen molar-refractivity contribution in [1.82, 2.24) is 9.97 Å². The van der Waals surface area contributed by atoms with Gasteiger partial charge in [0, 0.05) is 21.3 Å². The number of halogens is 2. The van der Waals surface area contributed by atoms with Crippen LogP contribution >= 0.6 is 31.9 Å². The highest BCUT2D eigenvalue weighted by Crippen LogP contribution is 2.12. The number of pyridine rings is 2. The second kappa shape index (κ2) is 7.28. The van der Waals surface area contributed by atoms with Crippen molar-refractivity contribution >= 4 is 55.3 Å². The Bertz CT molecular complexity index is 587. The number of carbonyl (C=O) groups excluding carboxylic acids is 2. The molecule has 0 radical (unpaired) electrons. The summed E-state index contributed by atoms with van der Waals surface area (Å²) in [4.78, 5) is 31.4. The summed E-state index contributed by atoms with van der Waals surface area (Å²) in [5, 5.41) is 5.07. The van der Waals surface area contributed by atoms with Gasteiger partial charge in [-0.15, -0.1) is 0 Å². The van der Waals surface area contributed by atoms with Gasteiger partial charge >= 0.3 is 0 Å². The van der Waals surface area contributed by atoms with Gasteiger partial charge in [0.15, 0.2) is 0 Å². The highest BCUT2D eigenvalue weighted by Gasteiger charge is 2.11. The zero-order chi connectivity index (χ0) is 15.2. The van der Waals surface area contributed by atoms with Crippen LogP contribution in [0.15, 0.2) is 45.6 Å². The summed E-state index contributed by atoms with van der Waals surface area (Å²) in [6.45, 7) is 0. The molecule has 108 valence electrons. The number of rotatable bonds is 4. The molecule has 6 nitrogen and oxygen atoms in total. The molecule has 2 aromatic heterocycles. The molecule has 0 fully saturated rings. The molecule has 8 heteroatoms. The molecule has 0 bridgehead atoms. The quantitative estimate of drug-likeness (QED) is 0.754. The Morgan fingerprint density at radius 1 is 0.857 bits per heavy atom. The Morgan fingerprint density at radius 2 is 1.29 bits per heavy atom. The van der Waals surface area contributed by atoms with E-state index in [4.69, 9.17) is 0 Å². The fraction of sp³-hybridized carbons (Fsp3) is 0.0769. The molecule has 0 spiro atoms. The van der Waals surface area contributed by atoms with E-state index >= 15 is 0 Å². The lowest BCUT2D eigenvalue weighted by molar-refractivity contribution is -0.123. The van der Waals surface area contributed by atoms with E-state index in [0.717, 1.165) is 8.95 Å². The van der Waals surface area contributed by atoms with Crippen LogP contribution in [0.3, 0.4) is 0 Å². The predicted molar refractivity (Wildman–Crippen MR) is 85.8 cm³/mol. The molecule has 2 amide bonds. The molecule has 2 N–H and O–H groups in total. The van der Waals surface area contributed by atoms with Gasteiger partial charge < -0.3 is 10.6 Å². The zero-order valence-corrected chi connectivity index (χ0v) is 13.8. The van der Waals surface area contributed by atoms with E-state index < -0.39 is 11.8 Å². The predicted octanol–water partition coefficient (Wildman–Crippen LogP) is 2.97. The van der Waals surface area contributed by atoms with Crippen molar-refractivity contribution in [2.45, 2.75) is 6.42 Å². The van der Waals surface area contributed by atoms with Gasteiger partial charge in [-0.2, -0.15) is 0 Å². The molecule has 2 heterocycles. The summed E-state index contributed by atoms with van der Waals surface area (Å²) in [7, 11) is 0. The summed E-state index contributed by atoms with van der Waals surface area (Å²) in [5.41, 5.74) is 0. The third kappa shape index (κ3) is 5.24. The van der Waals surface area contributed by atoms with E-state index in [1.165, 1.54) is 0 Å². The van der Waals surface area contributed by atoms with E-state index in [1.807, 2.05) is 0 Å². The highest BCUT2D eigenvalue weighted by atomic mass is 79.9. The van der Waals surface area contributed by atoms with Crippen LogP contribution in [0.2, 0.25) is 0 Å². The first-order valence-electron chi connectivity index (χ1n) is 5.86. The Hall–Kier alpha value is -1.80. The van der Waals surface area contributed by atoms with E-state index in [2.05, 4.69) is 52.5 Å². The first-order chi connectivity index (χ1) is 10.0. The van der Waals surface area contributed by atoms with Crippen molar-refractivity contribution < 1.29 is 9.59 Å². The normalized spacial score (nSPS) is 10.0. The lowest BCUT2D eigenvalue weighted by atomic mass is 10.3. The number of hydrogen-bond acceptors (Lipinski definition) is 4. The van der Waals surface area contributed by atoms with Gasteiger partial charge in [0.2, 0.25) is 11.8 Å². The third-order valence-electron chi connectivity index (χ3n) is 2.31. The van der Waals surface area contributed by atoms with Crippen molar-refractivity contribution in [1.29, 1.82) is 0 Å². The molecule has 0 aliphatic carbocycles. The topological polar surface area (TPSA) is 84.0 Å². The minimum Gasteiger partial charge on any atom is -0.310 e. The monoisotopic (exact) mass is 412 g/mol. The fourth-order valence-electron chi connectivity index (χ4n) is 1.42. The Labute approximate surface area is 137 Å². The number of hydrogen-bond donors (Lipinski definition) is 2. The Kier molecular flexibility index (Phi) is 5.40. The van der Waals surface area contributed by atoms with Crippen LogP contribution in [0.25, 0.3) is 0 Å². The van der Waals surface area contributed by atoms with E-state index in [0.29, 0.717) is 11.6 Å². The van der Waals surface area contributed by atoms with Crippen molar-refractivity contribution in [3.63, 3.8) is 0 Å². The van der Waals surface area contributed by atoms with E-state index in [-0.39, 0.29) is 6.42 Å². The summed E-state index contributed by atoms with van der Waals surface area (Å²) >= 11 is 6.49. The number of aromatic nitrogens is 2. The van der Waals surface area contributed by atoms with Crippen LogP contribution in [0, 0.1) is 0 Å². The first kappa shape index (κ1) is 15.6. The number of anilines is 2.